The van der Waals surface area contributed by atoms with Gasteiger partial charge in [0, 0.05) is 6.54 Å². The van der Waals surface area contributed by atoms with Gasteiger partial charge < -0.3 is 5.73 Å². The molecule has 84 valence electrons. The van der Waals surface area contributed by atoms with E-state index < -0.39 is 0 Å². The van der Waals surface area contributed by atoms with E-state index in [-0.39, 0.29) is 0 Å². The van der Waals surface area contributed by atoms with Gasteiger partial charge in [-0.05, 0) is 25.7 Å². The standard InChI is InChI=1S/C12H21N3/c1-8(11-5-4-6-11)7-15-10(3)12(13)9(2)14-15/h8,11H,4-7,13H2,1-3H3. The van der Waals surface area contributed by atoms with E-state index in [4.69, 9.17) is 5.73 Å². The number of nitrogens with zero attached hydrogens (tertiary/aromatic N) is 2. The summed E-state index contributed by atoms with van der Waals surface area (Å²) in [6.07, 6.45) is 4.21. The summed E-state index contributed by atoms with van der Waals surface area (Å²) in [6, 6.07) is 0. The summed E-state index contributed by atoms with van der Waals surface area (Å²) in [5, 5.41) is 4.48. The fourth-order valence-electron chi connectivity index (χ4n) is 2.32. The molecule has 0 aromatic carbocycles. The van der Waals surface area contributed by atoms with Crippen LogP contribution in [0.3, 0.4) is 0 Å². The summed E-state index contributed by atoms with van der Waals surface area (Å²) < 4.78 is 2.08. The van der Waals surface area contributed by atoms with Crippen molar-refractivity contribution in [1.82, 2.24) is 9.78 Å². The van der Waals surface area contributed by atoms with Crippen LogP contribution in [0.2, 0.25) is 0 Å². The van der Waals surface area contributed by atoms with Gasteiger partial charge in [-0.25, -0.2) is 0 Å². The molecule has 0 radical (unpaired) electrons. The Hall–Kier alpha value is -0.990. The number of hydrogen-bond donors (Lipinski definition) is 1. The molecule has 1 aliphatic rings. The van der Waals surface area contributed by atoms with E-state index in [0.29, 0.717) is 0 Å². The molecule has 3 heteroatoms. The maximum absolute atomic E-state index is 5.92. The van der Waals surface area contributed by atoms with Crippen molar-refractivity contribution >= 4 is 5.69 Å². The second-order valence-corrected chi connectivity index (χ2v) is 4.93. The molecule has 1 aromatic heterocycles. The first-order valence-electron chi connectivity index (χ1n) is 5.89. The predicted octanol–water partition coefficient (Wildman–Crippen LogP) is 2.52. The average Bonchev–Trinajstić information content (AvgIpc) is 2.30. The van der Waals surface area contributed by atoms with E-state index in [1.807, 2.05) is 6.92 Å². The predicted molar refractivity (Wildman–Crippen MR) is 62.6 cm³/mol. The molecule has 1 aromatic rings. The van der Waals surface area contributed by atoms with Crippen molar-refractivity contribution in [2.45, 2.75) is 46.6 Å². The number of aryl methyl sites for hydroxylation is 1. The van der Waals surface area contributed by atoms with Gasteiger partial charge in [0.15, 0.2) is 0 Å². The SMILES string of the molecule is Cc1nn(CC(C)C2CCC2)c(C)c1N. The van der Waals surface area contributed by atoms with Crippen molar-refractivity contribution in [3.05, 3.63) is 11.4 Å². The molecule has 2 rings (SSSR count). The van der Waals surface area contributed by atoms with Crippen LogP contribution in [0.15, 0.2) is 0 Å². The second kappa shape index (κ2) is 3.87. The molecular formula is C12H21N3. The van der Waals surface area contributed by atoms with Crippen LogP contribution in [0.25, 0.3) is 0 Å². The maximum Gasteiger partial charge on any atom is 0.0825 e. The van der Waals surface area contributed by atoms with Gasteiger partial charge in [0.05, 0.1) is 17.1 Å². The molecule has 1 fully saturated rings. The third kappa shape index (κ3) is 1.87. The lowest BCUT2D eigenvalue weighted by molar-refractivity contribution is 0.195. The van der Waals surface area contributed by atoms with Crippen LogP contribution in [0.5, 0.6) is 0 Å². The molecule has 0 spiro atoms. The van der Waals surface area contributed by atoms with Gasteiger partial charge >= 0.3 is 0 Å². The highest BCUT2D eigenvalue weighted by Crippen LogP contribution is 2.34. The number of aromatic nitrogens is 2. The van der Waals surface area contributed by atoms with Crippen molar-refractivity contribution in [2.24, 2.45) is 11.8 Å². The summed E-state index contributed by atoms with van der Waals surface area (Å²) in [5.74, 6) is 1.64. The molecule has 1 heterocycles. The summed E-state index contributed by atoms with van der Waals surface area (Å²) in [5.41, 5.74) is 8.86. The van der Waals surface area contributed by atoms with Crippen LogP contribution in [-0.4, -0.2) is 9.78 Å². The van der Waals surface area contributed by atoms with E-state index in [0.717, 1.165) is 35.5 Å². The van der Waals surface area contributed by atoms with Crippen molar-refractivity contribution in [3.63, 3.8) is 0 Å². The Morgan fingerprint density at radius 3 is 2.53 bits per heavy atom. The lowest BCUT2D eigenvalue weighted by Crippen LogP contribution is -2.24. The number of rotatable bonds is 3. The summed E-state index contributed by atoms with van der Waals surface area (Å²) >= 11 is 0. The van der Waals surface area contributed by atoms with Crippen LogP contribution >= 0.6 is 0 Å². The maximum atomic E-state index is 5.92. The summed E-state index contributed by atoms with van der Waals surface area (Å²) in [6.45, 7) is 7.39. The monoisotopic (exact) mass is 207 g/mol. The molecule has 3 nitrogen and oxygen atoms in total. The molecule has 1 saturated carbocycles. The van der Waals surface area contributed by atoms with Crippen LogP contribution in [0.1, 0.15) is 37.6 Å². The smallest absolute Gasteiger partial charge is 0.0825 e. The quantitative estimate of drug-likeness (QED) is 0.827. The van der Waals surface area contributed by atoms with Gasteiger partial charge in [0.25, 0.3) is 0 Å². The number of nitrogens with two attached hydrogens (primary N) is 1. The van der Waals surface area contributed by atoms with E-state index in [1.54, 1.807) is 0 Å². The summed E-state index contributed by atoms with van der Waals surface area (Å²) in [4.78, 5) is 0. The van der Waals surface area contributed by atoms with Crippen molar-refractivity contribution < 1.29 is 0 Å². The van der Waals surface area contributed by atoms with E-state index in [2.05, 4.69) is 23.6 Å². The highest BCUT2D eigenvalue weighted by Gasteiger charge is 2.24. The number of hydrogen-bond acceptors (Lipinski definition) is 2. The van der Waals surface area contributed by atoms with Crippen LogP contribution < -0.4 is 5.73 Å². The topological polar surface area (TPSA) is 43.8 Å². The molecule has 1 aliphatic carbocycles. The Kier molecular flexibility index (Phi) is 2.72. The van der Waals surface area contributed by atoms with Gasteiger partial charge in [0.1, 0.15) is 0 Å². The lowest BCUT2D eigenvalue weighted by atomic mass is 9.77. The Bertz CT molecular complexity index is 350. The van der Waals surface area contributed by atoms with E-state index in [9.17, 15) is 0 Å². The molecule has 0 saturated heterocycles. The van der Waals surface area contributed by atoms with Crippen LogP contribution in [0.4, 0.5) is 5.69 Å². The first-order valence-corrected chi connectivity index (χ1v) is 5.89. The van der Waals surface area contributed by atoms with Crippen molar-refractivity contribution in [2.75, 3.05) is 5.73 Å². The Morgan fingerprint density at radius 2 is 2.13 bits per heavy atom. The minimum atomic E-state index is 0.733. The summed E-state index contributed by atoms with van der Waals surface area (Å²) in [7, 11) is 0. The van der Waals surface area contributed by atoms with Gasteiger partial charge in [0.2, 0.25) is 0 Å². The van der Waals surface area contributed by atoms with E-state index >= 15 is 0 Å². The minimum absolute atomic E-state index is 0.733. The molecule has 2 N–H and O–H groups in total. The Balaban J connectivity index is 2.06. The molecule has 0 bridgehead atoms. The number of anilines is 1. The molecule has 15 heavy (non-hydrogen) atoms. The average molecular weight is 207 g/mol. The molecular weight excluding hydrogens is 186 g/mol. The van der Waals surface area contributed by atoms with Crippen molar-refractivity contribution in [3.8, 4) is 0 Å². The number of nitrogen functional groups attached to an aromatic ring is 1. The third-order valence-electron chi connectivity index (χ3n) is 3.85. The van der Waals surface area contributed by atoms with Gasteiger partial charge in [-0.3, -0.25) is 4.68 Å². The van der Waals surface area contributed by atoms with E-state index in [1.165, 1.54) is 19.3 Å². The van der Waals surface area contributed by atoms with Gasteiger partial charge in [-0.1, -0.05) is 26.2 Å². The normalized spacial score (nSPS) is 18.9. The minimum Gasteiger partial charge on any atom is -0.396 e. The molecule has 1 unspecified atom stereocenters. The van der Waals surface area contributed by atoms with Crippen LogP contribution in [-0.2, 0) is 6.54 Å². The Labute approximate surface area is 91.7 Å². The Morgan fingerprint density at radius 1 is 1.47 bits per heavy atom. The van der Waals surface area contributed by atoms with Crippen molar-refractivity contribution in [1.29, 1.82) is 0 Å². The molecule has 0 aliphatic heterocycles. The zero-order valence-corrected chi connectivity index (χ0v) is 9.95. The fraction of sp³-hybridized carbons (Fsp3) is 0.750. The zero-order chi connectivity index (χ0) is 11.0. The van der Waals surface area contributed by atoms with Gasteiger partial charge in [-0.2, -0.15) is 5.10 Å². The second-order valence-electron chi connectivity index (χ2n) is 4.93. The third-order valence-corrected chi connectivity index (χ3v) is 3.85. The fourth-order valence-corrected chi connectivity index (χ4v) is 2.32. The molecule has 0 amide bonds. The first-order chi connectivity index (χ1) is 7.09. The largest absolute Gasteiger partial charge is 0.396 e. The lowest BCUT2D eigenvalue weighted by Gasteiger charge is -2.31. The van der Waals surface area contributed by atoms with Gasteiger partial charge in [-0.15, -0.1) is 0 Å². The highest BCUT2D eigenvalue weighted by atomic mass is 15.3. The zero-order valence-electron chi connectivity index (χ0n) is 9.95. The highest BCUT2D eigenvalue weighted by molar-refractivity contribution is 5.46. The first kappa shape index (κ1) is 10.5. The molecule has 1 atom stereocenters. The van der Waals surface area contributed by atoms with Crippen LogP contribution in [0, 0.1) is 25.7 Å².